The molecule has 0 aliphatic rings. The van der Waals surface area contributed by atoms with Crippen molar-refractivity contribution in [1.29, 1.82) is 0 Å². The maximum atomic E-state index is 12.0. The number of anilines is 1. The Morgan fingerprint density at radius 3 is 2.04 bits per heavy atom. The van der Waals surface area contributed by atoms with Crippen LogP contribution in [0.2, 0.25) is 0 Å². The first-order valence-electron chi connectivity index (χ1n) is 8.60. The highest BCUT2D eigenvalue weighted by Crippen LogP contribution is 2.21. The number of carbonyl (C=O) groups is 3. The number of hydrogen-bond donors (Lipinski definition) is 2. The van der Waals surface area contributed by atoms with Gasteiger partial charge in [-0.3, -0.25) is 14.9 Å². The van der Waals surface area contributed by atoms with Crippen LogP contribution in [-0.2, 0) is 19.1 Å². The molecular formula is C19H27NO6. The molecule has 0 saturated heterocycles. The smallest absolute Gasteiger partial charge is 0.414 e. The largest absolute Gasteiger partial charge is 0.481 e. The first-order valence-corrected chi connectivity index (χ1v) is 8.60. The molecule has 2 atom stereocenters. The van der Waals surface area contributed by atoms with Gasteiger partial charge in [-0.15, -0.1) is 0 Å². The van der Waals surface area contributed by atoms with Crippen LogP contribution in [-0.4, -0.2) is 29.4 Å². The van der Waals surface area contributed by atoms with E-state index in [1.54, 1.807) is 52.0 Å². The minimum atomic E-state index is -0.972. The van der Waals surface area contributed by atoms with Gasteiger partial charge in [0.05, 0.1) is 12.3 Å². The van der Waals surface area contributed by atoms with E-state index in [0.717, 1.165) is 5.56 Å². The van der Waals surface area contributed by atoms with Crippen LogP contribution >= 0.6 is 0 Å². The third-order valence-electron chi connectivity index (χ3n) is 3.68. The number of ether oxygens (including phenoxy) is 2. The Balaban J connectivity index is 2.65. The second-order valence-electron chi connectivity index (χ2n) is 6.86. The van der Waals surface area contributed by atoms with Crippen molar-refractivity contribution >= 4 is 23.7 Å². The predicted molar refractivity (Wildman–Crippen MR) is 96.8 cm³/mol. The summed E-state index contributed by atoms with van der Waals surface area (Å²) in [4.78, 5) is 34.5. The minimum absolute atomic E-state index is 0.0338. The van der Waals surface area contributed by atoms with Crippen LogP contribution in [0.25, 0.3) is 0 Å². The maximum Gasteiger partial charge on any atom is 0.414 e. The molecule has 2 N–H and O–H groups in total. The van der Waals surface area contributed by atoms with Crippen LogP contribution in [0.4, 0.5) is 10.5 Å². The monoisotopic (exact) mass is 365 g/mol. The second kappa shape index (κ2) is 9.79. The molecular weight excluding hydrogens is 338 g/mol. The summed E-state index contributed by atoms with van der Waals surface area (Å²) < 4.78 is 10.4. The molecule has 7 heteroatoms. The van der Waals surface area contributed by atoms with Crippen LogP contribution in [0.5, 0.6) is 0 Å². The van der Waals surface area contributed by atoms with E-state index < -0.39 is 24.3 Å². The highest BCUT2D eigenvalue weighted by Gasteiger charge is 2.24. The van der Waals surface area contributed by atoms with Gasteiger partial charge in [-0.1, -0.05) is 46.8 Å². The van der Waals surface area contributed by atoms with Crippen molar-refractivity contribution in [2.75, 3.05) is 5.32 Å². The third kappa shape index (κ3) is 7.13. The van der Waals surface area contributed by atoms with E-state index >= 15 is 0 Å². The number of rotatable bonds is 8. The normalized spacial score (nSPS) is 13.2. The summed E-state index contributed by atoms with van der Waals surface area (Å²) >= 11 is 0. The SMILES string of the molecule is CC(C)C(=O)O[C@@H](OC(=O)Nc1ccc([C@H](C)CC(=O)O)cc1)C(C)C. The zero-order chi connectivity index (χ0) is 19.9. The Morgan fingerprint density at radius 2 is 1.58 bits per heavy atom. The Morgan fingerprint density at radius 1 is 1.00 bits per heavy atom. The van der Waals surface area contributed by atoms with E-state index in [4.69, 9.17) is 14.6 Å². The fourth-order valence-corrected chi connectivity index (χ4v) is 2.07. The van der Waals surface area contributed by atoms with Gasteiger partial charge in [0.2, 0.25) is 0 Å². The highest BCUT2D eigenvalue weighted by molar-refractivity contribution is 5.84. The van der Waals surface area contributed by atoms with Gasteiger partial charge in [0, 0.05) is 11.6 Å². The molecule has 0 fully saturated rings. The lowest BCUT2D eigenvalue weighted by atomic mass is 9.98. The third-order valence-corrected chi connectivity index (χ3v) is 3.68. The van der Waals surface area contributed by atoms with Gasteiger partial charge in [-0.25, -0.2) is 4.79 Å². The number of carboxylic acids is 1. The molecule has 1 aromatic carbocycles. The molecule has 0 heterocycles. The number of nitrogens with one attached hydrogen (secondary N) is 1. The molecule has 7 nitrogen and oxygen atoms in total. The molecule has 0 radical (unpaired) electrons. The predicted octanol–water partition coefficient (Wildman–Crippen LogP) is 3.99. The molecule has 1 aromatic rings. The molecule has 0 unspecified atom stereocenters. The van der Waals surface area contributed by atoms with Crippen LogP contribution in [0.15, 0.2) is 24.3 Å². The Kier molecular flexibility index (Phi) is 8.09. The minimum Gasteiger partial charge on any atom is -0.481 e. The maximum absolute atomic E-state index is 12.0. The van der Waals surface area contributed by atoms with Crippen molar-refractivity contribution in [2.24, 2.45) is 11.8 Å². The lowest BCUT2D eigenvalue weighted by Gasteiger charge is -2.22. The van der Waals surface area contributed by atoms with Crippen molar-refractivity contribution in [3.63, 3.8) is 0 Å². The number of aliphatic carboxylic acids is 1. The van der Waals surface area contributed by atoms with Crippen LogP contribution < -0.4 is 5.32 Å². The van der Waals surface area contributed by atoms with Crippen molar-refractivity contribution in [2.45, 2.75) is 53.2 Å². The molecule has 26 heavy (non-hydrogen) atoms. The molecule has 0 spiro atoms. The van der Waals surface area contributed by atoms with Gasteiger partial charge in [0.1, 0.15) is 0 Å². The Hall–Kier alpha value is -2.57. The zero-order valence-corrected chi connectivity index (χ0v) is 15.8. The van der Waals surface area contributed by atoms with Crippen molar-refractivity contribution in [3.8, 4) is 0 Å². The van der Waals surface area contributed by atoms with E-state index in [0.29, 0.717) is 5.69 Å². The molecule has 0 aliphatic carbocycles. The number of carbonyl (C=O) groups excluding carboxylic acids is 2. The number of benzene rings is 1. The van der Waals surface area contributed by atoms with E-state index in [1.807, 2.05) is 6.92 Å². The molecule has 144 valence electrons. The summed E-state index contributed by atoms with van der Waals surface area (Å²) in [5, 5.41) is 11.4. The molecule has 1 rings (SSSR count). The molecule has 1 amide bonds. The summed E-state index contributed by atoms with van der Waals surface area (Å²) in [7, 11) is 0. The average molecular weight is 365 g/mol. The Labute approximate surface area is 153 Å². The summed E-state index contributed by atoms with van der Waals surface area (Å²) in [6.07, 6.45) is -1.67. The van der Waals surface area contributed by atoms with Crippen LogP contribution in [0.1, 0.15) is 52.5 Å². The van der Waals surface area contributed by atoms with E-state index in [1.165, 1.54) is 0 Å². The van der Waals surface area contributed by atoms with E-state index in [2.05, 4.69) is 5.32 Å². The van der Waals surface area contributed by atoms with E-state index in [9.17, 15) is 14.4 Å². The van der Waals surface area contributed by atoms with Crippen molar-refractivity contribution < 1.29 is 29.0 Å². The van der Waals surface area contributed by atoms with Crippen LogP contribution in [0.3, 0.4) is 0 Å². The van der Waals surface area contributed by atoms with Crippen molar-refractivity contribution in [3.05, 3.63) is 29.8 Å². The number of carboxylic acid groups (broad SMARTS) is 1. The van der Waals surface area contributed by atoms with Crippen molar-refractivity contribution in [1.82, 2.24) is 0 Å². The lowest BCUT2D eigenvalue weighted by molar-refractivity contribution is -0.177. The molecule has 0 bridgehead atoms. The van der Waals surface area contributed by atoms with Crippen LogP contribution in [0, 0.1) is 11.8 Å². The number of hydrogen-bond acceptors (Lipinski definition) is 5. The topological polar surface area (TPSA) is 102 Å². The summed E-state index contributed by atoms with van der Waals surface area (Å²) in [5.41, 5.74) is 1.36. The van der Waals surface area contributed by atoms with Gasteiger partial charge in [0.25, 0.3) is 6.29 Å². The number of amides is 1. The summed E-state index contributed by atoms with van der Waals surface area (Å²) in [6.45, 7) is 8.79. The second-order valence-corrected chi connectivity index (χ2v) is 6.86. The zero-order valence-electron chi connectivity index (χ0n) is 15.8. The number of esters is 1. The van der Waals surface area contributed by atoms with E-state index in [-0.39, 0.29) is 24.2 Å². The quantitative estimate of drug-likeness (QED) is 0.533. The fraction of sp³-hybridized carbons (Fsp3) is 0.526. The lowest BCUT2D eigenvalue weighted by Crippen LogP contribution is -2.32. The van der Waals surface area contributed by atoms with Gasteiger partial charge in [-0.2, -0.15) is 0 Å². The fourth-order valence-electron chi connectivity index (χ4n) is 2.07. The Bertz CT molecular complexity index is 623. The van der Waals surface area contributed by atoms with Gasteiger partial charge >= 0.3 is 18.0 Å². The van der Waals surface area contributed by atoms with Gasteiger partial charge < -0.3 is 14.6 Å². The average Bonchev–Trinajstić information content (AvgIpc) is 2.53. The summed E-state index contributed by atoms with van der Waals surface area (Å²) in [5.74, 6) is -1.94. The van der Waals surface area contributed by atoms with Gasteiger partial charge in [-0.05, 0) is 23.6 Å². The molecule has 0 saturated carbocycles. The first kappa shape index (κ1) is 21.5. The molecule has 0 aromatic heterocycles. The standard InChI is InChI=1S/C19H27NO6/c1-11(2)17(23)25-18(12(3)4)26-19(24)20-15-8-6-14(7-9-15)13(5)10-16(21)22/h6-9,11-13,18H,10H2,1-5H3,(H,20,24)(H,21,22)/t13-,18+/m1/s1. The molecule has 0 aliphatic heterocycles. The highest BCUT2D eigenvalue weighted by atomic mass is 16.7. The first-order chi connectivity index (χ1) is 12.1. The summed E-state index contributed by atoms with van der Waals surface area (Å²) in [6, 6.07) is 6.84. The van der Waals surface area contributed by atoms with Gasteiger partial charge in [0.15, 0.2) is 0 Å².